The molecular formula is C23H21FN2O5. The zero-order chi connectivity index (χ0) is 22.1. The van der Waals surface area contributed by atoms with Crippen molar-refractivity contribution in [1.82, 2.24) is 9.55 Å². The topological polar surface area (TPSA) is 90.6 Å². The molecule has 1 N–H and O–H groups in total. The molecule has 0 radical (unpaired) electrons. The Morgan fingerprint density at radius 1 is 1.26 bits per heavy atom. The van der Waals surface area contributed by atoms with Crippen molar-refractivity contribution < 1.29 is 23.8 Å². The number of pyridine rings is 2. The maximum absolute atomic E-state index is 14.4. The molecule has 1 atom stereocenters. The Kier molecular flexibility index (Phi) is 4.20. The summed E-state index contributed by atoms with van der Waals surface area (Å²) >= 11 is 0. The molecule has 31 heavy (non-hydrogen) atoms. The quantitative estimate of drug-likeness (QED) is 0.509. The fraction of sp³-hybridized carbons (Fsp3) is 0.348. The molecule has 0 unspecified atom stereocenters. The molecule has 2 aliphatic heterocycles. The first-order valence-corrected chi connectivity index (χ1v) is 10.2. The van der Waals surface area contributed by atoms with E-state index in [9.17, 15) is 19.1 Å². The highest BCUT2D eigenvalue weighted by Gasteiger charge is 2.45. The fourth-order valence-corrected chi connectivity index (χ4v) is 4.72. The summed E-state index contributed by atoms with van der Waals surface area (Å²) in [7, 11) is 1.41. The van der Waals surface area contributed by atoms with Gasteiger partial charge in [0.2, 0.25) is 0 Å². The molecule has 8 heteroatoms. The second-order valence-corrected chi connectivity index (χ2v) is 7.88. The maximum atomic E-state index is 14.4. The third kappa shape index (κ3) is 2.51. The molecule has 2 aliphatic rings. The molecule has 4 heterocycles. The largest absolute Gasteiger partial charge is 0.494 e. The van der Waals surface area contributed by atoms with Crippen molar-refractivity contribution in [3.63, 3.8) is 0 Å². The molecule has 3 aromatic rings. The van der Waals surface area contributed by atoms with Crippen LogP contribution in [0.25, 0.3) is 22.3 Å². The molecular weight excluding hydrogens is 403 g/mol. The van der Waals surface area contributed by atoms with Crippen LogP contribution < -0.4 is 10.3 Å². The summed E-state index contributed by atoms with van der Waals surface area (Å²) in [4.78, 5) is 30.2. The highest BCUT2D eigenvalue weighted by atomic mass is 19.1. The first-order valence-electron chi connectivity index (χ1n) is 10.2. The van der Waals surface area contributed by atoms with Crippen LogP contribution in [0, 0.1) is 5.82 Å². The van der Waals surface area contributed by atoms with Gasteiger partial charge < -0.3 is 19.1 Å². The van der Waals surface area contributed by atoms with Crippen molar-refractivity contribution in [3.8, 4) is 17.1 Å². The predicted molar refractivity (Wildman–Crippen MR) is 110 cm³/mol. The molecule has 0 spiro atoms. The van der Waals surface area contributed by atoms with Crippen molar-refractivity contribution in [2.45, 2.75) is 45.4 Å². The number of cyclic esters (lactones) is 1. The Morgan fingerprint density at radius 2 is 2.03 bits per heavy atom. The third-order valence-corrected chi connectivity index (χ3v) is 6.43. The Balaban J connectivity index is 1.83. The van der Waals surface area contributed by atoms with Gasteiger partial charge in [0.1, 0.15) is 6.61 Å². The average Bonchev–Trinajstić information content (AvgIpc) is 3.13. The van der Waals surface area contributed by atoms with E-state index < -0.39 is 17.4 Å². The average molecular weight is 424 g/mol. The lowest BCUT2D eigenvalue weighted by atomic mass is 9.86. The van der Waals surface area contributed by atoms with E-state index in [1.54, 1.807) is 23.6 Å². The van der Waals surface area contributed by atoms with E-state index in [1.807, 2.05) is 6.92 Å². The summed E-state index contributed by atoms with van der Waals surface area (Å²) < 4.78 is 26.2. The van der Waals surface area contributed by atoms with Gasteiger partial charge in [-0.05, 0) is 30.5 Å². The van der Waals surface area contributed by atoms with Gasteiger partial charge in [-0.1, -0.05) is 13.8 Å². The molecule has 0 fully saturated rings. The predicted octanol–water partition coefficient (Wildman–Crippen LogP) is 2.79. The maximum Gasteiger partial charge on any atom is 0.343 e. The van der Waals surface area contributed by atoms with Crippen LogP contribution in [0.2, 0.25) is 0 Å². The van der Waals surface area contributed by atoms with Crippen LogP contribution in [-0.2, 0) is 34.7 Å². The van der Waals surface area contributed by atoms with Gasteiger partial charge >= 0.3 is 5.97 Å². The molecule has 0 amide bonds. The van der Waals surface area contributed by atoms with E-state index >= 15 is 0 Å². The first-order chi connectivity index (χ1) is 14.8. The van der Waals surface area contributed by atoms with E-state index in [-0.39, 0.29) is 35.5 Å². The van der Waals surface area contributed by atoms with Crippen LogP contribution >= 0.6 is 0 Å². The molecule has 2 aromatic heterocycles. The minimum atomic E-state index is -1.88. The zero-order valence-corrected chi connectivity index (χ0v) is 17.4. The lowest BCUT2D eigenvalue weighted by molar-refractivity contribution is -0.172. The van der Waals surface area contributed by atoms with Crippen LogP contribution in [0.1, 0.15) is 42.5 Å². The number of carbonyl (C=O) groups excluding carboxylic acids is 1. The van der Waals surface area contributed by atoms with Crippen LogP contribution in [0.5, 0.6) is 5.75 Å². The van der Waals surface area contributed by atoms with Crippen molar-refractivity contribution in [2.75, 3.05) is 7.11 Å². The van der Waals surface area contributed by atoms with Crippen LogP contribution in [0.15, 0.2) is 23.0 Å². The van der Waals surface area contributed by atoms with E-state index in [2.05, 4.69) is 4.98 Å². The summed E-state index contributed by atoms with van der Waals surface area (Å²) in [5, 5.41) is 11.7. The SMILES string of the molecule is CCc1c2c(nc3cc(F)c(OC)cc13)-c1cc3c(c(=O)n1C2)COC(=O)[C@]3(O)CC. The van der Waals surface area contributed by atoms with Crippen molar-refractivity contribution in [3.05, 3.63) is 56.6 Å². The number of ether oxygens (including phenoxy) is 2. The standard InChI is InChI=1S/C23H21FN2O5/c1-4-11-12-6-19(30-3)16(24)8-17(12)25-20-13(11)9-26-18(20)7-15-14(21(26)27)10-31-22(28)23(15,29)5-2/h6-8,29H,4-5,9-10H2,1-3H3/t23-/m0/s1. The number of hydrogen-bond donors (Lipinski definition) is 1. The van der Waals surface area contributed by atoms with Gasteiger partial charge in [-0.3, -0.25) is 4.79 Å². The Morgan fingerprint density at radius 3 is 2.71 bits per heavy atom. The van der Waals surface area contributed by atoms with E-state index in [4.69, 9.17) is 9.47 Å². The van der Waals surface area contributed by atoms with Gasteiger partial charge in [0.05, 0.1) is 36.1 Å². The number of carbonyl (C=O) groups is 1. The van der Waals surface area contributed by atoms with Gasteiger partial charge in [-0.25, -0.2) is 14.2 Å². The third-order valence-electron chi connectivity index (χ3n) is 6.43. The summed E-state index contributed by atoms with van der Waals surface area (Å²) in [6, 6.07) is 4.62. The number of nitrogens with zero attached hydrogens (tertiary/aromatic N) is 2. The van der Waals surface area contributed by atoms with E-state index in [0.717, 1.165) is 16.5 Å². The summed E-state index contributed by atoms with van der Waals surface area (Å²) in [6.45, 7) is 3.78. The van der Waals surface area contributed by atoms with Crippen molar-refractivity contribution >= 4 is 16.9 Å². The summed E-state index contributed by atoms with van der Waals surface area (Å²) in [5.74, 6) is -1.15. The van der Waals surface area contributed by atoms with Crippen molar-refractivity contribution in [1.29, 1.82) is 0 Å². The van der Waals surface area contributed by atoms with Gasteiger partial charge in [0, 0.05) is 22.6 Å². The van der Waals surface area contributed by atoms with Crippen LogP contribution in [0.3, 0.4) is 0 Å². The highest BCUT2D eigenvalue weighted by molar-refractivity contribution is 5.90. The van der Waals surface area contributed by atoms with Crippen molar-refractivity contribution in [2.24, 2.45) is 0 Å². The van der Waals surface area contributed by atoms with Crippen LogP contribution in [-0.4, -0.2) is 27.7 Å². The Bertz CT molecular complexity index is 1350. The summed E-state index contributed by atoms with van der Waals surface area (Å²) in [6.07, 6.45) is 0.726. The number of rotatable bonds is 3. The smallest absolute Gasteiger partial charge is 0.343 e. The first kappa shape index (κ1) is 19.7. The molecule has 0 aliphatic carbocycles. The second kappa shape index (κ2) is 6.62. The molecule has 1 aromatic carbocycles. The van der Waals surface area contributed by atoms with E-state index in [1.165, 1.54) is 13.2 Å². The molecule has 5 rings (SSSR count). The number of methoxy groups -OCH3 is 1. The normalized spacial score (nSPS) is 19.1. The summed E-state index contributed by atoms with van der Waals surface area (Å²) in [5.41, 5.74) is 1.69. The van der Waals surface area contributed by atoms with Gasteiger partial charge in [-0.15, -0.1) is 0 Å². The molecule has 0 saturated heterocycles. The van der Waals surface area contributed by atoms with Crippen LogP contribution in [0.4, 0.5) is 4.39 Å². The molecule has 7 nitrogen and oxygen atoms in total. The number of fused-ring (bicyclic) bond motifs is 5. The number of aliphatic hydroxyl groups is 1. The second-order valence-electron chi connectivity index (χ2n) is 7.88. The monoisotopic (exact) mass is 424 g/mol. The number of esters is 1. The number of aryl methyl sites for hydroxylation is 1. The Hall–Kier alpha value is -3.26. The fourth-order valence-electron chi connectivity index (χ4n) is 4.72. The van der Waals surface area contributed by atoms with E-state index in [0.29, 0.717) is 29.9 Å². The lowest BCUT2D eigenvalue weighted by Gasteiger charge is -2.31. The number of halogens is 1. The number of aromatic nitrogens is 2. The number of hydrogen-bond acceptors (Lipinski definition) is 6. The van der Waals surface area contributed by atoms with Gasteiger partial charge in [0.25, 0.3) is 5.56 Å². The lowest BCUT2D eigenvalue weighted by Crippen LogP contribution is -2.44. The molecule has 160 valence electrons. The molecule has 0 bridgehead atoms. The molecule has 0 saturated carbocycles. The Labute approximate surface area is 177 Å². The minimum Gasteiger partial charge on any atom is -0.494 e. The van der Waals surface area contributed by atoms with Gasteiger partial charge in [-0.2, -0.15) is 0 Å². The number of benzene rings is 1. The zero-order valence-electron chi connectivity index (χ0n) is 17.4. The minimum absolute atomic E-state index is 0.0744. The van der Waals surface area contributed by atoms with Gasteiger partial charge in [0.15, 0.2) is 17.2 Å². The highest BCUT2D eigenvalue weighted by Crippen LogP contribution is 2.41.